The second kappa shape index (κ2) is 13.1. The number of likely N-dealkylation sites (N-methyl/N-ethyl adjacent to an activating group) is 2. The summed E-state index contributed by atoms with van der Waals surface area (Å²) in [6, 6.07) is 5.97. The van der Waals surface area contributed by atoms with Gasteiger partial charge in [0.25, 0.3) is 5.91 Å². The van der Waals surface area contributed by atoms with Gasteiger partial charge in [-0.15, -0.1) is 0 Å². The Morgan fingerprint density at radius 3 is 2.34 bits per heavy atom. The summed E-state index contributed by atoms with van der Waals surface area (Å²) in [7, 11) is 6.95. The van der Waals surface area contributed by atoms with E-state index in [-0.39, 0.29) is 57.7 Å². The van der Waals surface area contributed by atoms with Crippen molar-refractivity contribution in [2.75, 3.05) is 52.0 Å². The molecular formula is C28H33ClN6O6. The van der Waals surface area contributed by atoms with E-state index in [4.69, 9.17) is 20.8 Å². The van der Waals surface area contributed by atoms with Crippen LogP contribution in [0.25, 0.3) is 11.1 Å². The number of furan rings is 1. The first-order valence-corrected chi connectivity index (χ1v) is 13.6. The molecule has 0 radical (unpaired) electrons. The number of rotatable bonds is 9. The number of fused-ring (bicyclic) bond motifs is 1. The molecule has 0 spiro atoms. The zero-order valence-corrected chi connectivity index (χ0v) is 24.2. The molecule has 3 aromatic rings. The van der Waals surface area contributed by atoms with E-state index in [1.165, 1.54) is 31.5 Å². The summed E-state index contributed by atoms with van der Waals surface area (Å²) in [5.41, 5.74) is 0.336. The predicted octanol–water partition coefficient (Wildman–Crippen LogP) is 3.68. The molecule has 41 heavy (non-hydrogen) atoms. The van der Waals surface area contributed by atoms with Crippen molar-refractivity contribution in [2.24, 2.45) is 11.8 Å². The number of aromatic nitrogens is 2. The molecule has 0 unspecified atom stereocenters. The van der Waals surface area contributed by atoms with Crippen LogP contribution in [0, 0.1) is 11.8 Å². The number of nitrogens with zero attached hydrogens (tertiary/aromatic N) is 4. The fraction of sp³-hybridized carbons (Fsp3) is 0.429. The van der Waals surface area contributed by atoms with E-state index in [0.717, 1.165) is 6.54 Å². The molecule has 3 aromatic heterocycles. The van der Waals surface area contributed by atoms with Gasteiger partial charge in [0.15, 0.2) is 5.58 Å². The normalized spacial score (nSPS) is 16.8. The number of esters is 1. The Labute approximate surface area is 242 Å². The topological polar surface area (TPSA) is 147 Å². The van der Waals surface area contributed by atoms with Gasteiger partial charge in [-0.25, -0.2) is 14.8 Å². The SMILES string of the molecule is COC(=O)c1ccc2oc(C(=O)Nc3ccc(Cl)cn3)c(NC(=O)C3CCC(C(=O)N(C)CCN(C)C)CC3)c2n1. The number of nitrogens with one attached hydrogen (secondary N) is 2. The molecule has 1 saturated carbocycles. The lowest BCUT2D eigenvalue weighted by molar-refractivity contribution is -0.136. The number of pyridine rings is 2. The van der Waals surface area contributed by atoms with Crippen LogP contribution in [0.15, 0.2) is 34.9 Å². The van der Waals surface area contributed by atoms with Crippen molar-refractivity contribution in [3.63, 3.8) is 0 Å². The van der Waals surface area contributed by atoms with Gasteiger partial charge in [-0.1, -0.05) is 11.6 Å². The largest absolute Gasteiger partial charge is 0.464 e. The van der Waals surface area contributed by atoms with E-state index >= 15 is 0 Å². The number of anilines is 2. The Bertz CT molecular complexity index is 1430. The molecule has 1 fully saturated rings. The summed E-state index contributed by atoms with van der Waals surface area (Å²) in [4.78, 5) is 63.7. The average molecular weight is 585 g/mol. The Balaban J connectivity index is 1.53. The van der Waals surface area contributed by atoms with Gasteiger partial charge in [0.1, 0.15) is 22.7 Å². The van der Waals surface area contributed by atoms with E-state index < -0.39 is 11.9 Å². The predicted molar refractivity (Wildman–Crippen MR) is 153 cm³/mol. The van der Waals surface area contributed by atoms with Gasteiger partial charge in [-0.05, 0) is 64.0 Å². The van der Waals surface area contributed by atoms with E-state index in [1.807, 2.05) is 19.0 Å². The van der Waals surface area contributed by atoms with Crippen molar-refractivity contribution in [2.45, 2.75) is 25.7 Å². The maximum atomic E-state index is 13.4. The van der Waals surface area contributed by atoms with Gasteiger partial charge in [0, 0.05) is 38.2 Å². The Morgan fingerprint density at radius 1 is 1.00 bits per heavy atom. The lowest BCUT2D eigenvalue weighted by Gasteiger charge is -2.30. The van der Waals surface area contributed by atoms with Gasteiger partial charge < -0.3 is 29.6 Å². The third kappa shape index (κ3) is 7.19. The third-order valence-electron chi connectivity index (χ3n) is 7.06. The first-order chi connectivity index (χ1) is 19.6. The minimum Gasteiger partial charge on any atom is -0.464 e. The highest BCUT2D eigenvalue weighted by molar-refractivity contribution is 6.30. The van der Waals surface area contributed by atoms with E-state index in [1.54, 1.807) is 18.0 Å². The van der Waals surface area contributed by atoms with Crippen LogP contribution in [0.4, 0.5) is 11.5 Å². The molecule has 1 aliphatic carbocycles. The van der Waals surface area contributed by atoms with E-state index in [2.05, 4.69) is 20.6 Å². The van der Waals surface area contributed by atoms with Crippen molar-refractivity contribution in [3.8, 4) is 0 Å². The van der Waals surface area contributed by atoms with Crippen LogP contribution in [-0.4, -0.2) is 84.8 Å². The number of ether oxygens (including phenoxy) is 1. The second-order valence-electron chi connectivity index (χ2n) is 10.3. The van der Waals surface area contributed by atoms with E-state index in [9.17, 15) is 19.2 Å². The van der Waals surface area contributed by atoms with Crippen molar-refractivity contribution < 1.29 is 28.3 Å². The standard InChI is InChI=1S/C28H33ClN6O6/c1-34(2)13-14-35(3)27(38)17-7-5-16(6-8-17)25(36)33-23-22-20(11-10-19(31-22)28(39)40-4)41-24(23)26(37)32-21-12-9-18(29)15-30-21/h9-12,15-17H,5-8,13-14H2,1-4H3,(H,33,36)(H,30,32,37). The van der Waals surface area contributed by atoms with Crippen molar-refractivity contribution >= 4 is 57.9 Å². The molecule has 2 N–H and O–H groups in total. The minimum atomic E-state index is -0.680. The minimum absolute atomic E-state index is 0.0139. The van der Waals surface area contributed by atoms with Crippen molar-refractivity contribution in [1.29, 1.82) is 0 Å². The molecule has 0 atom stereocenters. The number of methoxy groups -OCH3 is 1. The first kappa shape index (κ1) is 29.9. The highest BCUT2D eigenvalue weighted by Gasteiger charge is 2.33. The fourth-order valence-corrected chi connectivity index (χ4v) is 4.80. The quantitative estimate of drug-likeness (QED) is 0.359. The highest BCUT2D eigenvalue weighted by Crippen LogP contribution is 2.34. The summed E-state index contributed by atoms with van der Waals surface area (Å²) in [5.74, 6) is -2.11. The first-order valence-electron chi connectivity index (χ1n) is 13.2. The molecule has 0 bridgehead atoms. The van der Waals surface area contributed by atoms with Gasteiger partial charge >= 0.3 is 5.97 Å². The molecule has 0 aromatic carbocycles. The van der Waals surface area contributed by atoms with Gasteiger partial charge in [-0.2, -0.15) is 0 Å². The summed E-state index contributed by atoms with van der Waals surface area (Å²) in [6.45, 7) is 1.41. The van der Waals surface area contributed by atoms with E-state index in [0.29, 0.717) is 37.3 Å². The van der Waals surface area contributed by atoms with Gasteiger partial charge in [-0.3, -0.25) is 14.4 Å². The van der Waals surface area contributed by atoms with Crippen LogP contribution >= 0.6 is 11.6 Å². The van der Waals surface area contributed by atoms with Crippen LogP contribution in [0.5, 0.6) is 0 Å². The number of carbonyl (C=O) groups is 4. The van der Waals surface area contributed by atoms with Crippen LogP contribution in [0.2, 0.25) is 5.02 Å². The monoisotopic (exact) mass is 584 g/mol. The van der Waals surface area contributed by atoms with Crippen LogP contribution in [-0.2, 0) is 14.3 Å². The summed E-state index contributed by atoms with van der Waals surface area (Å²) < 4.78 is 10.5. The summed E-state index contributed by atoms with van der Waals surface area (Å²) >= 11 is 5.88. The Kier molecular flexibility index (Phi) is 9.56. The Hall–Kier alpha value is -4.03. The molecule has 3 amide bonds. The van der Waals surface area contributed by atoms with Gasteiger partial charge in [0.2, 0.25) is 17.6 Å². The summed E-state index contributed by atoms with van der Waals surface area (Å²) in [6.07, 6.45) is 3.56. The molecule has 12 nitrogen and oxygen atoms in total. The average Bonchev–Trinajstić information content (AvgIpc) is 3.33. The smallest absolute Gasteiger partial charge is 0.356 e. The fourth-order valence-electron chi connectivity index (χ4n) is 4.69. The molecule has 218 valence electrons. The molecule has 3 heterocycles. The third-order valence-corrected chi connectivity index (χ3v) is 7.28. The van der Waals surface area contributed by atoms with Crippen LogP contribution < -0.4 is 10.6 Å². The lowest BCUT2D eigenvalue weighted by Crippen LogP contribution is -2.39. The maximum absolute atomic E-state index is 13.4. The second-order valence-corrected chi connectivity index (χ2v) is 10.7. The summed E-state index contributed by atoms with van der Waals surface area (Å²) in [5, 5.41) is 5.83. The lowest BCUT2D eigenvalue weighted by atomic mass is 9.81. The van der Waals surface area contributed by atoms with Crippen LogP contribution in [0.3, 0.4) is 0 Å². The molecular weight excluding hydrogens is 552 g/mol. The number of halogens is 1. The van der Waals surface area contributed by atoms with Crippen LogP contribution in [0.1, 0.15) is 46.7 Å². The molecule has 13 heteroatoms. The van der Waals surface area contributed by atoms with Crippen molar-refractivity contribution in [3.05, 3.63) is 46.9 Å². The molecule has 4 rings (SSSR count). The number of hydrogen-bond acceptors (Lipinski definition) is 9. The number of hydrogen-bond donors (Lipinski definition) is 2. The molecule has 0 saturated heterocycles. The Morgan fingerprint density at radius 2 is 1.71 bits per heavy atom. The molecule has 0 aliphatic heterocycles. The zero-order chi connectivity index (χ0) is 29.7. The molecule has 1 aliphatic rings. The highest BCUT2D eigenvalue weighted by atomic mass is 35.5. The zero-order valence-electron chi connectivity index (χ0n) is 23.4. The van der Waals surface area contributed by atoms with Gasteiger partial charge in [0.05, 0.1) is 12.1 Å². The number of amides is 3. The van der Waals surface area contributed by atoms with Crippen molar-refractivity contribution in [1.82, 2.24) is 19.8 Å². The number of carbonyl (C=O) groups excluding carboxylic acids is 4. The maximum Gasteiger partial charge on any atom is 0.356 e.